The molecule has 0 atom stereocenters. The number of rotatable bonds is 7. The van der Waals surface area contributed by atoms with Crippen molar-refractivity contribution in [3.8, 4) is 17.2 Å². The maximum atomic E-state index is 13.0. The van der Waals surface area contributed by atoms with E-state index in [2.05, 4.69) is 0 Å². The summed E-state index contributed by atoms with van der Waals surface area (Å²) in [7, 11) is 1.38. The molecular formula is C23H14ClN3O7S2. The van der Waals surface area contributed by atoms with Gasteiger partial charge in [0.2, 0.25) is 5.75 Å². The largest absolute Gasteiger partial charge is 0.493 e. The number of anilines is 1. The predicted octanol–water partition coefficient (Wildman–Crippen LogP) is 6.36. The molecular weight excluding hydrogens is 530 g/mol. The van der Waals surface area contributed by atoms with Gasteiger partial charge in [0, 0.05) is 11.1 Å². The smallest absolute Gasteiger partial charge is 0.318 e. The number of hydrogen-bond donors (Lipinski definition) is 0. The third-order valence-corrected chi connectivity index (χ3v) is 6.45. The van der Waals surface area contributed by atoms with Gasteiger partial charge in [-0.1, -0.05) is 47.7 Å². The number of thiocarbonyl (C=S) groups is 1. The Morgan fingerprint density at radius 1 is 1.00 bits per heavy atom. The summed E-state index contributed by atoms with van der Waals surface area (Å²) in [5.74, 6) is -0.146. The van der Waals surface area contributed by atoms with Crippen LogP contribution in [0.5, 0.6) is 17.2 Å². The van der Waals surface area contributed by atoms with E-state index in [-0.39, 0.29) is 23.2 Å². The summed E-state index contributed by atoms with van der Waals surface area (Å²) in [4.78, 5) is 35.6. The molecule has 3 aromatic carbocycles. The zero-order valence-electron chi connectivity index (χ0n) is 18.2. The van der Waals surface area contributed by atoms with Crippen LogP contribution < -0.4 is 14.4 Å². The lowest BCUT2D eigenvalue weighted by Gasteiger charge is -2.14. The quantitative estimate of drug-likeness (QED) is 0.145. The minimum absolute atomic E-state index is 0.137. The minimum Gasteiger partial charge on any atom is -0.493 e. The average molecular weight is 544 g/mol. The number of thioether (sulfide) groups is 1. The van der Waals surface area contributed by atoms with Crippen LogP contribution in [0.1, 0.15) is 5.56 Å². The summed E-state index contributed by atoms with van der Waals surface area (Å²) >= 11 is 12.6. The molecule has 182 valence electrons. The third kappa shape index (κ3) is 5.15. The first-order valence-corrected chi connectivity index (χ1v) is 11.6. The third-order valence-electron chi connectivity index (χ3n) is 4.92. The molecule has 13 heteroatoms. The van der Waals surface area contributed by atoms with Gasteiger partial charge in [-0.3, -0.25) is 29.9 Å². The standard InChI is InChI=1S/C23H14ClN3O7S2/c1-33-20-9-13(10-21-22(28)25(23(35)36-21)15-4-2-3-14(24)11-15)5-7-19(20)34-18-8-6-16(26(29)30)12-17(18)27(31)32/h2-12H,1H3/b21-10+. The summed E-state index contributed by atoms with van der Waals surface area (Å²) in [5.41, 5.74) is 0.134. The Balaban J connectivity index is 1.62. The Hall–Kier alpha value is -4.00. The Labute approximate surface area is 218 Å². The molecule has 0 bridgehead atoms. The van der Waals surface area contributed by atoms with Crippen molar-refractivity contribution in [1.29, 1.82) is 0 Å². The molecule has 10 nitrogen and oxygen atoms in total. The Kier molecular flexibility index (Phi) is 7.20. The molecule has 1 aliphatic rings. The first kappa shape index (κ1) is 25.1. The van der Waals surface area contributed by atoms with Crippen LogP contribution in [0, 0.1) is 20.2 Å². The normalized spacial score (nSPS) is 14.3. The van der Waals surface area contributed by atoms with Crippen molar-refractivity contribution in [2.75, 3.05) is 12.0 Å². The fourth-order valence-electron chi connectivity index (χ4n) is 3.28. The lowest BCUT2D eigenvalue weighted by atomic mass is 10.1. The number of nitro benzene ring substituents is 2. The van der Waals surface area contributed by atoms with Crippen LogP contribution in [0.4, 0.5) is 17.1 Å². The van der Waals surface area contributed by atoms with Gasteiger partial charge in [0.1, 0.15) is 0 Å². The van der Waals surface area contributed by atoms with Gasteiger partial charge in [0.25, 0.3) is 11.6 Å². The van der Waals surface area contributed by atoms with E-state index in [4.69, 9.17) is 33.3 Å². The van der Waals surface area contributed by atoms with Crippen LogP contribution in [0.25, 0.3) is 6.08 Å². The van der Waals surface area contributed by atoms with Gasteiger partial charge in [-0.15, -0.1) is 0 Å². The minimum atomic E-state index is -0.773. The van der Waals surface area contributed by atoms with E-state index in [1.807, 2.05) is 0 Å². The molecule has 1 amide bonds. The first-order valence-electron chi connectivity index (χ1n) is 10.00. The number of amides is 1. The molecule has 1 fully saturated rings. The number of non-ortho nitro benzene ring substituents is 1. The number of hydrogen-bond acceptors (Lipinski definition) is 9. The summed E-state index contributed by atoms with van der Waals surface area (Å²) in [6.07, 6.45) is 1.63. The van der Waals surface area contributed by atoms with Gasteiger partial charge in [-0.2, -0.15) is 0 Å². The second kappa shape index (κ2) is 10.3. The van der Waals surface area contributed by atoms with Crippen molar-refractivity contribution >= 4 is 68.9 Å². The number of nitro groups is 2. The number of benzene rings is 3. The molecule has 4 rings (SSSR count). The summed E-state index contributed by atoms with van der Waals surface area (Å²) in [5, 5.41) is 22.8. The number of nitrogens with zero attached hydrogens (tertiary/aromatic N) is 3. The molecule has 0 saturated carbocycles. The van der Waals surface area contributed by atoms with Gasteiger partial charge in [-0.05, 0) is 48.0 Å². The second-order valence-electron chi connectivity index (χ2n) is 7.18. The molecule has 0 aromatic heterocycles. The van der Waals surface area contributed by atoms with Crippen LogP contribution in [0.2, 0.25) is 5.02 Å². The Bertz CT molecular complexity index is 1460. The number of carbonyl (C=O) groups excluding carboxylic acids is 1. The van der Waals surface area contributed by atoms with Crippen molar-refractivity contribution < 1.29 is 24.1 Å². The van der Waals surface area contributed by atoms with E-state index in [1.165, 1.54) is 18.1 Å². The van der Waals surface area contributed by atoms with Crippen LogP contribution >= 0.6 is 35.6 Å². The highest BCUT2D eigenvalue weighted by atomic mass is 35.5. The van der Waals surface area contributed by atoms with Crippen LogP contribution in [-0.2, 0) is 4.79 Å². The maximum Gasteiger partial charge on any atom is 0.318 e. The first-order chi connectivity index (χ1) is 17.2. The van der Waals surface area contributed by atoms with E-state index >= 15 is 0 Å². The van der Waals surface area contributed by atoms with Gasteiger partial charge in [-0.25, -0.2) is 0 Å². The zero-order chi connectivity index (χ0) is 26.0. The topological polar surface area (TPSA) is 125 Å². The second-order valence-corrected chi connectivity index (χ2v) is 9.29. The fourth-order valence-corrected chi connectivity index (χ4v) is 4.77. The molecule has 0 aliphatic carbocycles. The van der Waals surface area contributed by atoms with Gasteiger partial charge in [0.05, 0.1) is 33.6 Å². The summed E-state index contributed by atoms with van der Waals surface area (Å²) in [6.45, 7) is 0. The van der Waals surface area contributed by atoms with Gasteiger partial charge in [0.15, 0.2) is 15.8 Å². The number of methoxy groups -OCH3 is 1. The van der Waals surface area contributed by atoms with Gasteiger partial charge < -0.3 is 9.47 Å². The van der Waals surface area contributed by atoms with E-state index in [9.17, 15) is 25.0 Å². The monoisotopic (exact) mass is 543 g/mol. The number of carbonyl (C=O) groups is 1. The lowest BCUT2D eigenvalue weighted by Crippen LogP contribution is -2.27. The Morgan fingerprint density at radius 2 is 1.75 bits per heavy atom. The van der Waals surface area contributed by atoms with E-state index in [1.54, 1.807) is 42.5 Å². The van der Waals surface area contributed by atoms with E-state index in [0.717, 1.165) is 30.0 Å². The molecule has 36 heavy (non-hydrogen) atoms. The molecule has 3 aromatic rings. The Morgan fingerprint density at radius 3 is 2.42 bits per heavy atom. The van der Waals surface area contributed by atoms with E-state index in [0.29, 0.717) is 25.5 Å². The van der Waals surface area contributed by atoms with Crippen LogP contribution in [-0.4, -0.2) is 27.2 Å². The van der Waals surface area contributed by atoms with E-state index < -0.39 is 21.2 Å². The fraction of sp³-hybridized carbons (Fsp3) is 0.0435. The molecule has 0 N–H and O–H groups in total. The number of ether oxygens (including phenoxy) is 2. The predicted molar refractivity (Wildman–Crippen MR) is 140 cm³/mol. The van der Waals surface area contributed by atoms with Crippen molar-refractivity contribution in [1.82, 2.24) is 0 Å². The molecule has 0 radical (unpaired) electrons. The highest BCUT2D eigenvalue weighted by Gasteiger charge is 2.33. The maximum absolute atomic E-state index is 13.0. The summed E-state index contributed by atoms with van der Waals surface area (Å²) in [6, 6.07) is 14.6. The number of halogens is 1. The van der Waals surface area contributed by atoms with Crippen molar-refractivity contribution in [2.45, 2.75) is 0 Å². The highest BCUT2D eigenvalue weighted by molar-refractivity contribution is 8.27. The summed E-state index contributed by atoms with van der Waals surface area (Å²) < 4.78 is 11.4. The molecule has 0 spiro atoms. The highest BCUT2D eigenvalue weighted by Crippen LogP contribution is 2.40. The van der Waals surface area contributed by atoms with Gasteiger partial charge >= 0.3 is 5.69 Å². The average Bonchev–Trinajstić information content (AvgIpc) is 3.12. The van der Waals surface area contributed by atoms with Crippen molar-refractivity contribution in [3.05, 3.63) is 96.4 Å². The SMILES string of the molecule is COc1cc(/C=C2/SC(=S)N(c3cccc(Cl)c3)C2=O)ccc1Oc1ccc([N+](=O)[O-])cc1[N+](=O)[O-]. The van der Waals surface area contributed by atoms with Crippen LogP contribution in [0.3, 0.4) is 0 Å². The van der Waals surface area contributed by atoms with Crippen LogP contribution in [0.15, 0.2) is 65.6 Å². The molecule has 1 aliphatic heterocycles. The molecule has 1 saturated heterocycles. The zero-order valence-corrected chi connectivity index (χ0v) is 20.6. The van der Waals surface area contributed by atoms with Crippen molar-refractivity contribution in [3.63, 3.8) is 0 Å². The molecule has 1 heterocycles. The lowest BCUT2D eigenvalue weighted by molar-refractivity contribution is -0.394. The molecule has 0 unspecified atom stereocenters. The van der Waals surface area contributed by atoms with Crippen molar-refractivity contribution in [2.24, 2.45) is 0 Å².